The van der Waals surface area contributed by atoms with Gasteiger partial charge in [0.25, 0.3) is 10.1 Å². The van der Waals surface area contributed by atoms with E-state index in [1.165, 1.54) is 0 Å². The van der Waals surface area contributed by atoms with E-state index in [-0.39, 0.29) is 12.5 Å². The average molecular weight is 348 g/mol. The Morgan fingerprint density at radius 3 is 2.33 bits per heavy atom. The summed E-state index contributed by atoms with van der Waals surface area (Å²) in [6, 6.07) is 17.3. The van der Waals surface area contributed by atoms with Gasteiger partial charge in [-0.3, -0.25) is 4.18 Å². The van der Waals surface area contributed by atoms with E-state index in [0.717, 1.165) is 42.6 Å². The van der Waals surface area contributed by atoms with E-state index >= 15 is 0 Å². The Morgan fingerprint density at radius 2 is 1.67 bits per heavy atom. The molecule has 4 nitrogen and oxygen atoms in total. The van der Waals surface area contributed by atoms with Gasteiger partial charge in [0.1, 0.15) is 11.5 Å². The second-order valence-electron chi connectivity index (χ2n) is 5.78. The van der Waals surface area contributed by atoms with E-state index in [4.69, 9.17) is 8.92 Å². The minimum Gasteiger partial charge on any atom is -0.457 e. The Kier molecular flexibility index (Phi) is 6.82. The maximum atomic E-state index is 11.4. The van der Waals surface area contributed by atoms with Crippen LogP contribution in [0.15, 0.2) is 54.6 Å². The third-order valence-electron chi connectivity index (χ3n) is 3.72. The zero-order valence-corrected chi connectivity index (χ0v) is 15.0. The van der Waals surface area contributed by atoms with Gasteiger partial charge < -0.3 is 4.74 Å². The standard InChI is InChI=1S/C19H24O4S/c1-3-4-10-16(15-22-24(2,20)21)18-13-8-9-14-19(18)23-17-11-6-5-7-12-17/h5-9,11-14,16H,3-4,10,15H2,1-2H3. The van der Waals surface area contributed by atoms with Gasteiger partial charge in [0.15, 0.2) is 0 Å². The first-order chi connectivity index (χ1) is 11.5. The van der Waals surface area contributed by atoms with Crippen LogP contribution in [-0.4, -0.2) is 21.3 Å². The molecular formula is C19H24O4S. The van der Waals surface area contributed by atoms with Gasteiger partial charge in [-0.2, -0.15) is 8.42 Å². The molecule has 0 aromatic heterocycles. The van der Waals surface area contributed by atoms with Crippen LogP contribution < -0.4 is 4.74 Å². The lowest BCUT2D eigenvalue weighted by atomic mass is 9.93. The Hall–Kier alpha value is -1.85. The number of hydrogen-bond donors (Lipinski definition) is 0. The molecule has 2 rings (SSSR count). The summed E-state index contributed by atoms with van der Waals surface area (Å²) < 4.78 is 33.8. The van der Waals surface area contributed by atoms with Crippen LogP contribution in [0.4, 0.5) is 0 Å². The summed E-state index contributed by atoms with van der Waals surface area (Å²) in [7, 11) is -3.46. The Labute approximate surface area is 144 Å². The van der Waals surface area contributed by atoms with Crippen molar-refractivity contribution in [3.05, 3.63) is 60.2 Å². The largest absolute Gasteiger partial charge is 0.457 e. The highest BCUT2D eigenvalue weighted by atomic mass is 32.2. The minimum atomic E-state index is -3.46. The Balaban J connectivity index is 2.24. The first-order valence-electron chi connectivity index (χ1n) is 8.16. The predicted molar refractivity (Wildman–Crippen MR) is 96.0 cm³/mol. The number of unbranched alkanes of at least 4 members (excludes halogenated alkanes) is 1. The summed E-state index contributed by atoms with van der Waals surface area (Å²) in [4.78, 5) is 0. The number of benzene rings is 2. The summed E-state index contributed by atoms with van der Waals surface area (Å²) in [5, 5.41) is 0. The molecule has 0 amide bonds. The van der Waals surface area contributed by atoms with Crippen LogP contribution in [-0.2, 0) is 14.3 Å². The van der Waals surface area contributed by atoms with E-state index in [1.54, 1.807) is 0 Å². The molecule has 0 aliphatic heterocycles. The molecule has 0 radical (unpaired) electrons. The van der Waals surface area contributed by atoms with Gasteiger partial charge in [-0.25, -0.2) is 0 Å². The third kappa shape index (κ3) is 5.98. The van der Waals surface area contributed by atoms with Gasteiger partial charge in [-0.05, 0) is 24.6 Å². The minimum absolute atomic E-state index is 0.0282. The summed E-state index contributed by atoms with van der Waals surface area (Å²) in [5.74, 6) is 1.46. The molecule has 24 heavy (non-hydrogen) atoms. The van der Waals surface area contributed by atoms with Gasteiger partial charge in [0, 0.05) is 11.5 Å². The molecular weight excluding hydrogens is 324 g/mol. The molecule has 0 aliphatic carbocycles. The molecule has 1 unspecified atom stereocenters. The quantitative estimate of drug-likeness (QED) is 0.615. The third-order valence-corrected chi connectivity index (χ3v) is 4.28. The van der Waals surface area contributed by atoms with Crippen molar-refractivity contribution in [3.63, 3.8) is 0 Å². The fraction of sp³-hybridized carbons (Fsp3) is 0.368. The molecule has 1 atom stereocenters. The molecule has 2 aromatic carbocycles. The van der Waals surface area contributed by atoms with Gasteiger partial charge in [-0.1, -0.05) is 56.2 Å². The van der Waals surface area contributed by atoms with E-state index in [0.29, 0.717) is 0 Å². The van der Waals surface area contributed by atoms with Crippen molar-refractivity contribution in [2.75, 3.05) is 12.9 Å². The lowest BCUT2D eigenvalue weighted by molar-refractivity contribution is 0.283. The number of rotatable bonds is 9. The van der Waals surface area contributed by atoms with E-state index in [1.807, 2.05) is 54.6 Å². The second kappa shape index (κ2) is 8.85. The van der Waals surface area contributed by atoms with Crippen molar-refractivity contribution in [2.24, 2.45) is 0 Å². The maximum Gasteiger partial charge on any atom is 0.264 e. The zero-order chi connectivity index (χ0) is 17.4. The molecule has 0 heterocycles. The maximum absolute atomic E-state index is 11.4. The molecule has 0 saturated carbocycles. The summed E-state index contributed by atoms with van der Waals surface area (Å²) in [6.07, 6.45) is 3.96. The Bertz CT molecular complexity index is 726. The highest BCUT2D eigenvalue weighted by molar-refractivity contribution is 7.85. The molecule has 0 bridgehead atoms. The fourth-order valence-corrected chi connectivity index (χ4v) is 2.92. The molecule has 0 aliphatic rings. The van der Waals surface area contributed by atoms with Crippen molar-refractivity contribution >= 4 is 10.1 Å². The van der Waals surface area contributed by atoms with Crippen molar-refractivity contribution in [1.29, 1.82) is 0 Å². The van der Waals surface area contributed by atoms with E-state index in [9.17, 15) is 8.42 Å². The summed E-state index contributed by atoms with van der Waals surface area (Å²) in [6.45, 7) is 2.24. The first kappa shape index (κ1) is 18.5. The van der Waals surface area contributed by atoms with Crippen LogP contribution >= 0.6 is 0 Å². The zero-order valence-electron chi connectivity index (χ0n) is 14.1. The van der Waals surface area contributed by atoms with E-state index in [2.05, 4.69) is 6.92 Å². The fourth-order valence-electron chi connectivity index (χ4n) is 2.51. The van der Waals surface area contributed by atoms with E-state index < -0.39 is 10.1 Å². The highest BCUT2D eigenvalue weighted by Gasteiger charge is 2.19. The van der Waals surface area contributed by atoms with Crippen molar-refractivity contribution in [1.82, 2.24) is 0 Å². The SMILES string of the molecule is CCCCC(COS(C)(=O)=O)c1ccccc1Oc1ccccc1. The predicted octanol–water partition coefficient (Wildman–Crippen LogP) is 4.73. The molecule has 5 heteroatoms. The molecule has 0 saturated heterocycles. The van der Waals surface area contributed by atoms with Gasteiger partial charge in [0.2, 0.25) is 0 Å². The number of hydrogen-bond acceptors (Lipinski definition) is 4. The highest BCUT2D eigenvalue weighted by Crippen LogP contribution is 2.33. The molecule has 0 spiro atoms. The molecule has 130 valence electrons. The molecule has 2 aromatic rings. The van der Waals surface area contributed by atoms with Crippen LogP contribution in [0.5, 0.6) is 11.5 Å². The normalized spacial score (nSPS) is 12.8. The smallest absolute Gasteiger partial charge is 0.264 e. The Morgan fingerprint density at radius 1 is 1.00 bits per heavy atom. The molecule has 0 fully saturated rings. The van der Waals surface area contributed by atoms with Gasteiger partial charge >= 0.3 is 0 Å². The van der Waals surface area contributed by atoms with Crippen LogP contribution in [0.3, 0.4) is 0 Å². The van der Waals surface area contributed by atoms with Crippen LogP contribution in [0.25, 0.3) is 0 Å². The van der Waals surface area contributed by atoms with Crippen LogP contribution in [0, 0.1) is 0 Å². The second-order valence-corrected chi connectivity index (χ2v) is 7.42. The first-order valence-corrected chi connectivity index (χ1v) is 9.97. The topological polar surface area (TPSA) is 52.6 Å². The van der Waals surface area contributed by atoms with Crippen LogP contribution in [0.2, 0.25) is 0 Å². The van der Waals surface area contributed by atoms with Crippen molar-refractivity contribution in [2.45, 2.75) is 32.1 Å². The molecule has 0 N–H and O–H groups in total. The lowest BCUT2D eigenvalue weighted by Crippen LogP contribution is -2.13. The number of ether oxygens (including phenoxy) is 1. The van der Waals surface area contributed by atoms with Gasteiger partial charge in [-0.15, -0.1) is 0 Å². The number of para-hydroxylation sites is 2. The average Bonchev–Trinajstić information content (AvgIpc) is 2.56. The van der Waals surface area contributed by atoms with Crippen LogP contribution in [0.1, 0.15) is 37.7 Å². The van der Waals surface area contributed by atoms with Crippen molar-refractivity contribution < 1.29 is 17.3 Å². The lowest BCUT2D eigenvalue weighted by Gasteiger charge is -2.20. The van der Waals surface area contributed by atoms with Crippen molar-refractivity contribution in [3.8, 4) is 11.5 Å². The summed E-state index contributed by atoms with van der Waals surface area (Å²) >= 11 is 0. The monoisotopic (exact) mass is 348 g/mol. The van der Waals surface area contributed by atoms with Gasteiger partial charge in [0.05, 0.1) is 12.9 Å². The summed E-state index contributed by atoms with van der Waals surface area (Å²) in [5.41, 5.74) is 0.971.